The van der Waals surface area contributed by atoms with Crippen molar-refractivity contribution in [1.29, 1.82) is 0 Å². The second-order valence-electron chi connectivity index (χ2n) is 6.57. The SMILES string of the molecule is O=C1C[C@]2(C(=O)Nc3ccc(Cl)cc32)c2cnn(-c3cccc(F)c3)c2N1. The molecule has 2 aliphatic heterocycles. The Hall–Kier alpha value is -3.19. The number of amides is 2. The van der Waals surface area contributed by atoms with Crippen molar-refractivity contribution in [3.05, 3.63) is 70.6 Å². The smallest absolute Gasteiger partial charge is 0.240 e. The molecule has 2 N–H and O–H groups in total. The van der Waals surface area contributed by atoms with Gasteiger partial charge in [-0.25, -0.2) is 9.07 Å². The first kappa shape index (κ1) is 16.0. The molecule has 0 fully saturated rings. The quantitative estimate of drug-likeness (QED) is 0.678. The highest BCUT2D eigenvalue weighted by molar-refractivity contribution is 6.31. The number of hydrogen-bond donors (Lipinski definition) is 2. The maximum Gasteiger partial charge on any atom is 0.240 e. The van der Waals surface area contributed by atoms with Gasteiger partial charge >= 0.3 is 0 Å². The molecule has 0 bridgehead atoms. The topological polar surface area (TPSA) is 76.0 Å². The van der Waals surface area contributed by atoms with Gasteiger partial charge in [-0.05, 0) is 42.0 Å². The van der Waals surface area contributed by atoms with Crippen molar-refractivity contribution in [3.8, 4) is 5.69 Å². The summed E-state index contributed by atoms with van der Waals surface area (Å²) < 4.78 is 15.1. The number of fused-ring (bicyclic) bond motifs is 4. The van der Waals surface area contributed by atoms with E-state index in [2.05, 4.69) is 15.7 Å². The van der Waals surface area contributed by atoms with Gasteiger partial charge in [0.15, 0.2) is 0 Å². The van der Waals surface area contributed by atoms with Crippen molar-refractivity contribution in [1.82, 2.24) is 9.78 Å². The van der Waals surface area contributed by atoms with Crippen molar-refractivity contribution < 1.29 is 14.0 Å². The largest absolute Gasteiger partial charge is 0.325 e. The molecule has 2 aromatic carbocycles. The van der Waals surface area contributed by atoms with Crippen LogP contribution >= 0.6 is 11.6 Å². The summed E-state index contributed by atoms with van der Waals surface area (Å²) in [5, 5.41) is 10.4. The molecule has 3 heterocycles. The zero-order chi connectivity index (χ0) is 18.8. The summed E-state index contributed by atoms with van der Waals surface area (Å²) in [4.78, 5) is 25.5. The summed E-state index contributed by atoms with van der Waals surface area (Å²) in [5.41, 5.74) is 1.02. The Bertz CT molecular complexity index is 1140. The van der Waals surface area contributed by atoms with E-state index < -0.39 is 11.2 Å². The fourth-order valence-corrected chi connectivity index (χ4v) is 4.04. The summed E-state index contributed by atoms with van der Waals surface area (Å²) in [7, 11) is 0. The minimum Gasteiger partial charge on any atom is -0.325 e. The van der Waals surface area contributed by atoms with Gasteiger partial charge < -0.3 is 10.6 Å². The number of benzene rings is 2. The lowest BCUT2D eigenvalue weighted by Gasteiger charge is -2.31. The van der Waals surface area contributed by atoms with E-state index >= 15 is 0 Å². The Morgan fingerprint density at radius 1 is 1.11 bits per heavy atom. The van der Waals surface area contributed by atoms with Crippen LogP contribution in [0.15, 0.2) is 48.7 Å². The molecule has 8 heteroatoms. The van der Waals surface area contributed by atoms with E-state index in [0.29, 0.717) is 33.3 Å². The van der Waals surface area contributed by atoms with E-state index in [4.69, 9.17) is 11.6 Å². The van der Waals surface area contributed by atoms with Crippen molar-refractivity contribution in [2.24, 2.45) is 0 Å². The fraction of sp³-hybridized carbons (Fsp3) is 0.105. The summed E-state index contributed by atoms with van der Waals surface area (Å²) >= 11 is 6.15. The first-order valence-electron chi connectivity index (χ1n) is 8.25. The first-order valence-corrected chi connectivity index (χ1v) is 8.62. The molecule has 2 aliphatic rings. The summed E-state index contributed by atoms with van der Waals surface area (Å²) in [6.07, 6.45) is 1.48. The predicted molar refractivity (Wildman–Crippen MR) is 97.6 cm³/mol. The zero-order valence-corrected chi connectivity index (χ0v) is 14.5. The van der Waals surface area contributed by atoms with Crippen LogP contribution in [-0.4, -0.2) is 21.6 Å². The monoisotopic (exact) mass is 382 g/mol. The molecule has 1 atom stereocenters. The third-order valence-corrected chi connectivity index (χ3v) is 5.28. The highest BCUT2D eigenvalue weighted by Crippen LogP contribution is 2.50. The number of aromatic nitrogens is 2. The number of carbonyl (C=O) groups excluding carboxylic acids is 2. The fourth-order valence-electron chi connectivity index (χ4n) is 3.87. The van der Waals surface area contributed by atoms with Crippen LogP contribution in [0.3, 0.4) is 0 Å². The average Bonchev–Trinajstić information content (AvgIpc) is 3.16. The van der Waals surface area contributed by atoms with Gasteiger partial charge in [-0.1, -0.05) is 17.7 Å². The van der Waals surface area contributed by atoms with Crippen molar-refractivity contribution in [3.63, 3.8) is 0 Å². The minimum atomic E-state index is -1.22. The molecule has 1 aromatic heterocycles. The number of rotatable bonds is 1. The van der Waals surface area contributed by atoms with Crippen LogP contribution in [-0.2, 0) is 15.0 Å². The lowest BCUT2D eigenvalue weighted by Crippen LogP contribution is -2.43. The zero-order valence-electron chi connectivity index (χ0n) is 13.8. The highest BCUT2D eigenvalue weighted by atomic mass is 35.5. The van der Waals surface area contributed by atoms with Crippen LogP contribution in [0.25, 0.3) is 5.69 Å². The number of hydrogen-bond acceptors (Lipinski definition) is 3. The summed E-state index contributed by atoms with van der Waals surface area (Å²) in [6.45, 7) is 0. The molecule has 0 unspecified atom stereocenters. The Morgan fingerprint density at radius 2 is 1.96 bits per heavy atom. The molecule has 2 amide bonds. The van der Waals surface area contributed by atoms with Gasteiger partial charge in [0.05, 0.1) is 11.9 Å². The van der Waals surface area contributed by atoms with Crippen LogP contribution in [0.4, 0.5) is 15.9 Å². The molecule has 6 nitrogen and oxygen atoms in total. The molecule has 5 rings (SSSR count). The third kappa shape index (κ3) is 2.15. The number of halogens is 2. The van der Waals surface area contributed by atoms with Crippen molar-refractivity contribution in [2.45, 2.75) is 11.8 Å². The van der Waals surface area contributed by atoms with E-state index in [9.17, 15) is 14.0 Å². The maximum absolute atomic E-state index is 13.7. The van der Waals surface area contributed by atoms with Gasteiger partial charge in [0.2, 0.25) is 11.8 Å². The van der Waals surface area contributed by atoms with Crippen molar-refractivity contribution >= 4 is 34.9 Å². The molecule has 0 aliphatic carbocycles. The Balaban J connectivity index is 1.77. The molecular weight excluding hydrogens is 371 g/mol. The van der Waals surface area contributed by atoms with Gasteiger partial charge in [0.25, 0.3) is 0 Å². The van der Waals surface area contributed by atoms with Gasteiger partial charge in [0.1, 0.15) is 17.1 Å². The summed E-state index contributed by atoms with van der Waals surface area (Å²) in [6, 6.07) is 10.9. The normalized spacial score (nSPS) is 20.2. The molecular formula is C19H12ClFN4O2. The van der Waals surface area contributed by atoms with Gasteiger partial charge in [-0.15, -0.1) is 0 Å². The first-order chi connectivity index (χ1) is 13.0. The van der Waals surface area contributed by atoms with E-state index in [0.717, 1.165) is 0 Å². The molecule has 0 radical (unpaired) electrons. The number of carbonyl (C=O) groups is 2. The lowest BCUT2D eigenvalue weighted by atomic mass is 9.72. The minimum absolute atomic E-state index is 0.0615. The molecule has 0 saturated heterocycles. The molecule has 1 spiro atoms. The van der Waals surface area contributed by atoms with E-state index in [-0.39, 0.29) is 18.2 Å². The third-order valence-electron chi connectivity index (χ3n) is 5.04. The van der Waals surface area contributed by atoms with Crippen LogP contribution in [0, 0.1) is 5.82 Å². The van der Waals surface area contributed by atoms with E-state index in [1.165, 1.54) is 23.0 Å². The van der Waals surface area contributed by atoms with Crippen molar-refractivity contribution in [2.75, 3.05) is 10.6 Å². The second-order valence-corrected chi connectivity index (χ2v) is 7.01. The Morgan fingerprint density at radius 3 is 2.78 bits per heavy atom. The molecule has 0 saturated carbocycles. The lowest BCUT2D eigenvalue weighted by molar-refractivity contribution is -0.125. The average molecular weight is 383 g/mol. The number of nitrogens with one attached hydrogen (secondary N) is 2. The highest BCUT2D eigenvalue weighted by Gasteiger charge is 2.54. The van der Waals surface area contributed by atoms with Crippen LogP contribution in [0.2, 0.25) is 5.02 Å². The van der Waals surface area contributed by atoms with Gasteiger partial charge in [0, 0.05) is 22.7 Å². The van der Waals surface area contributed by atoms with Gasteiger partial charge in [-0.3, -0.25) is 9.59 Å². The maximum atomic E-state index is 13.7. The van der Waals surface area contributed by atoms with Gasteiger partial charge in [-0.2, -0.15) is 5.10 Å². The van der Waals surface area contributed by atoms with Crippen LogP contribution in [0.1, 0.15) is 17.5 Å². The van der Waals surface area contributed by atoms with E-state index in [1.54, 1.807) is 30.3 Å². The summed E-state index contributed by atoms with van der Waals surface area (Å²) in [5.74, 6) is -0.720. The number of anilines is 2. The number of nitrogens with zero attached hydrogens (tertiary/aromatic N) is 2. The van der Waals surface area contributed by atoms with E-state index in [1.807, 2.05) is 0 Å². The molecule has 3 aromatic rings. The molecule has 27 heavy (non-hydrogen) atoms. The second kappa shape index (κ2) is 5.40. The van der Waals surface area contributed by atoms with Crippen LogP contribution < -0.4 is 10.6 Å². The molecule has 134 valence electrons. The Kier molecular flexibility index (Phi) is 3.21. The Labute approximate surface area is 157 Å². The standard InChI is InChI=1S/C19H12ClFN4O2/c20-10-4-5-15-13(6-10)19(18(27)23-15)8-16(26)24-17-14(19)9-22-25(17)12-3-1-2-11(21)7-12/h1-7,9H,8H2,(H,23,27)(H,24,26)/t19-/m1/s1. The van der Waals surface area contributed by atoms with Crippen LogP contribution in [0.5, 0.6) is 0 Å². The predicted octanol–water partition coefficient (Wildman–Crippen LogP) is 3.25.